The van der Waals surface area contributed by atoms with Crippen molar-refractivity contribution in [2.24, 2.45) is 0 Å². The average molecular weight is 392 g/mol. The minimum Gasteiger partial charge on any atom is -0.493 e. The van der Waals surface area contributed by atoms with Crippen LogP contribution >= 0.6 is 0 Å². The van der Waals surface area contributed by atoms with Gasteiger partial charge < -0.3 is 14.2 Å². The van der Waals surface area contributed by atoms with E-state index < -0.39 is 0 Å². The van der Waals surface area contributed by atoms with E-state index in [1.54, 1.807) is 7.11 Å². The Bertz CT molecular complexity index is 515. The van der Waals surface area contributed by atoms with Gasteiger partial charge in [0.25, 0.3) is 0 Å². The molecule has 1 heterocycles. The molecule has 1 fully saturated rings. The van der Waals surface area contributed by atoms with Crippen molar-refractivity contribution in [1.29, 1.82) is 0 Å². The second kappa shape index (κ2) is 14.7. The summed E-state index contributed by atoms with van der Waals surface area (Å²) in [6, 6.07) is 6.40. The molecule has 1 aliphatic heterocycles. The fourth-order valence-electron chi connectivity index (χ4n) is 3.74. The van der Waals surface area contributed by atoms with Gasteiger partial charge in [-0.25, -0.2) is 0 Å². The molecule has 0 aliphatic carbocycles. The molecule has 4 nitrogen and oxygen atoms in total. The Labute approximate surface area is 172 Å². The molecule has 0 bridgehead atoms. The van der Waals surface area contributed by atoms with Crippen LogP contribution in [0.3, 0.4) is 0 Å². The Hall–Kier alpha value is -1.26. The summed E-state index contributed by atoms with van der Waals surface area (Å²) in [7, 11) is 1.73. The lowest BCUT2D eigenvalue weighted by Gasteiger charge is -2.26. The fourth-order valence-corrected chi connectivity index (χ4v) is 3.74. The van der Waals surface area contributed by atoms with Crippen LogP contribution in [0.1, 0.15) is 70.3 Å². The number of aryl methyl sites for hydroxylation is 1. The standard InChI is InChI=1S/C24H41NO3/c1-3-4-5-6-7-8-9-10-18-28-23-14-13-22(21-24(23)26-2)12-11-15-25-16-19-27-20-17-25/h13-14,21H,3-12,15-20H2,1-2H3. The monoisotopic (exact) mass is 391 g/mol. The van der Waals surface area contributed by atoms with Gasteiger partial charge in [0.1, 0.15) is 0 Å². The summed E-state index contributed by atoms with van der Waals surface area (Å²) in [5.41, 5.74) is 1.32. The third-order valence-electron chi connectivity index (χ3n) is 5.53. The minimum absolute atomic E-state index is 0.779. The molecule has 0 amide bonds. The van der Waals surface area contributed by atoms with Gasteiger partial charge in [-0.15, -0.1) is 0 Å². The molecule has 0 N–H and O–H groups in total. The maximum Gasteiger partial charge on any atom is 0.161 e. The van der Waals surface area contributed by atoms with Crippen LogP contribution in [-0.2, 0) is 11.2 Å². The Balaban J connectivity index is 1.61. The third kappa shape index (κ3) is 9.29. The molecule has 1 saturated heterocycles. The molecule has 0 spiro atoms. The van der Waals surface area contributed by atoms with Gasteiger partial charge >= 0.3 is 0 Å². The average Bonchev–Trinajstić information content (AvgIpc) is 2.74. The number of hydrogen-bond acceptors (Lipinski definition) is 4. The Kier molecular flexibility index (Phi) is 12.1. The molecule has 1 aliphatic rings. The van der Waals surface area contributed by atoms with Crippen molar-refractivity contribution in [2.45, 2.75) is 71.1 Å². The summed E-state index contributed by atoms with van der Waals surface area (Å²) in [5, 5.41) is 0. The number of methoxy groups -OCH3 is 1. The number of rotatable bonds is 15. The van der Waals surface area contributed by atoms with Crippen molar-refractivity contribution in [2.75, 3.05) is 46.6 Å². The smallest absolute Gasteiger partial charge is 0.161 e. The van der Waals surface area contributed by atoms with Crippen molar-refractivity contribution in [3.8, 4) is 11.5 Å². The highest BCUT2D eigenvalue weighted by atomic mass is 16.5. The maximum absolute atomic E-state index is 5.98. The van der Waals surface area contributed by atoms with Crippen LogP contribution in [0.25, 0.3) is 0 Å². The molecule has 0 radical (unpaired) electrons. The summed E-state index contributed by atoms with van der Waals surface area (Å²) < 4.78 is 17.0. The lowest BCUT2D eigenvalue weighted by molar-refractivity contribution is 0.0374. The number of unbranched alkanes of at least 4 members (excludes halogenated alkanes) is 7. The van der Waals surface area contributed by atoms with Crippen molar-refractivity contribution >= 4 is 0 Å². The van der Waals surface area contributed by atoms with Crippen molar-refractivity contribution in [1.82, 2.24) is 4.90 Å². The van der Waals surface area contributed by atoms with Gasteiger partial charge in [-0.1, -0.05) is 57.9 Å². The topological polar surface area (TPSA) is 30.9 Å². The summed E-state index contributed by atoms with van der Waals surface area (Å²) in [6.45, 7) is 8.06. The third-order valence-corrected chi connectivity index (χ3v) is 5.53. The van der Waals surface area contributed by atoms with Crippen LogP contribution in [0.5, 0.6) is 11.5 Å². The zero-order chi connectivity index (χ0) is 19.9. The van der Waals surface area contributed by atoms with Crippen LogP contribution < -0.4 is 9.47 Å². The minimum atomic E-state index is 0.779. The molecule has 0 unspecified atom stereocenters. The van der Waals surface area contributed by atoms with Crippen molar-refractivity contribution < 1.29 is 14.2 Å². The highest BCUT2D eigenvalue weighted by molar-refractivity contribution is 5.43. The van der Waals surface area contributed by atoms with E-state index in [1.165, 1.54) is 56.9 Å². The highest BCUT2D eigenvalue weighted by Crippen LogP contribution is 2.29. The van der Waals surface area contributed by atoms with Crippen LogP contribution in [0, 0.1) is 0 Å². The van der Waals surface area contributed by atoms with Crippen molar-refractivity contribution in [3.63, 3.8) is 0 Å². The predicted octanol–water partition coefficient (Wildman–Crippen LogP) is 5.48. The number of nitrogens with zero attached hydrogens (tertiary/aromatic N) is 1. The van der Waals surface area contributed by atoms with Crippen LogP contribution in [0.4, 0.5) is 0 Å². The van der Waals surface area contributed by atoms with E-state index >= 15 is 0 Å². The van der Waals surface area contributed by atoms with Crippen molar-refractivity contribution in [3.05, 3.63) is 23.8 Å². The van der Waals surface area contributed by atoms with E-state index in [0.717, 1.165) is 63.8 Å². The normalized spacial score (nSPS) is 14.9. The lowest BCUT2D eigenvalue weighted by Crippen LogP contribution is -2.36. The van der Waals surface area contributed by atoms with E-state index in [2.05, 4.69) is 30.0 Å². The zero-order valence-corrected chi connectivity index (χ0v) is 18.2. The van der Waals surface area contributed by atoms with Gasteiger partial charge in [0.15, 0.2) is 11.5 Å². The van der Waals surface area contributed by atoms with E-state index in [-0.39, 0.29) is 0 Å². The Morgan fingerprint density at radius 1 is 0.893 bits per heavy atom. The number of morpholine rings is 1. The molecule has 4 heteroatoms. The summed E-state index contributed by atoms with van der Waals surface area (Å²) >= 11 is 0. The van der Waals surface area contributed by atoms with Crippen LogP contribution in [0.15, 0.2) is 18.2 Å². The van der Waals surface area contributed by atoms with E-state index in [9.17, 15) is 0 Å². The number of hydrogen-bond donors (Lipinski definition) is 0. The first-order chi connectivity index (χ1) is 13.8. The predicted molar refractivity (Wildman–Crippen MR) is 117 cm³/mol. The second-order valence-corrected chi connectivity index (χ2v) is 7.87. The first-order valence-corrected chi connectivity index (χ1v) is 11.4. The molecule has 0 aromatic heterocycles. The summed E-state index contributed by atoms with van der Waals surface area (Å²) in [4.78, 5) is 2.49. The Morgan fingerprint density at radius 3 is 2.32 bits per heavy atom. The van der Waals surface area contributed by atoms with E-state index in [0.29, 0.717) is 0 Å². The molecular formula is C24H41NO3. The fraction of sp³-hybridized carbons (Fsp3) is 0.750. The van der Waals surface area contributed by atoms with Gasteiger partial charge in [0, 0.05) is 13.1 Å². The zero-order valence-electron chi connectivity index (χ0n) is 18.2. The molecule has 2 rings (SSSR count). The lowest BCUT2D eigenvalue weighted by atomic mass is 10.1. The first-order valence-electron chi connectivity index (χ1n) is 11.4. The van der Waals surface area contributed by atoms with Crippen LogP contribution in [-0.4, -0.2) is 51.5 Å². The molecular weight excluding hydrogens is 350 g/mol. The quantitative estimate of drug-likeness (QED) is 0.370. The van der Waals surface area contributed by atoms with Gasteiger partial charge in [0.2, 0.25) is 0 Å². The molecule has 1 aromatic rings. The van der Waals surface area contributed by atoms with Crippen LogP contribution in [0.2, 0.25) is 0 Å². The molecule has 160 valence electrons. The number of ether oxygens (including phenoxy) is 3. The Morgan fingerprint density at radius 2 is 1.61 bits per heavy atom. The summed E-state index contributed by atoms with van der Waals surface area (Å²) in [5.74, 6) is 1.74. The SMILES string of the molecule is CCCCCCCCCCOc1ccc(CCCN2CCOCC2)cc1OC. The van der Waals surface area contributed by atoms with Gasteiger partial charge in [-0.3, -0.25) is 4.90 Å². The van der Waals surface area contributed by atoms with E-state index in [1.807, 2.05) is 0 Å². The molecule has 1 aromatic carbocycles. The van der Waals surface area contributed by atoms with Gasteiger partial charge in [-0.2, -0.15) is 0 Å². The molecule has 0 saturated carbocycles. The van der Waals surface area contributed by atoms with E-state index in [4.69, 9.17) is 14.2 Å². The largest absolute Gasteiger partial charge is 0.493 e. The second-order valence-electron chi connectivity index (χ2n) is 7.87. The van der Waals surface area contributed by atoms with Gasteiger partial charge in [-0.05, 0) is 43.5 Å². The maximum atomic E-state index is 5.98. The van der Waals surface area contributed by atoms with Gasteiger partial charge in [0.05, 0.1) is 26.9 Å². The molecule has 0 atom stereocenters. The molecule has 28 heavy (non-hydrogen) atoms. The summed E-state index contributed by atoms with van der Waals surface area (Å²) in [6.07, 6.45) is 12.8. The highest BCUT2D eigenvalue weighted by Gasteiger charge is 2.10. The first kappa shape index (κ1) is 23.0. The number of benzene rings is 1.